The Morgan fingerprint density at radius 3 is 2.93 bits per heavy atom. The van der Waals surface area contributed by atoms with Crippen LogP contribution in [0.15, 0.2) is 41.9 Å². The summed E-state index contributed by atoms with van der Waals surface area (Å²) in [5.74, 6) is 0.395. The molecule has 0 aliphatic carbocycles. The van der Waals surface area contributed by atoms with Crippen LogP contribution in [0.1, 0.15) is 46.3 Å². The molecule has 0 N–H and O–H groups in total. The highest BCUT2D eigenvalue weighted by Crippen LogP contribution is 2.28. The van der Waals surface area contributed by atoms with Gasteiger partial charge in [0, 0.05) is 52.9 Å². The molecular weight excluding hydrogens is 416 g/mol. The number of carbonyl (C=O) groups is 1. The molecule has 0 radical (unpaired) electrons. The van der Waals surface area contributed by atoms with Gasteiger partial charge in [0.1, 0.15) is 0 Å². The minimum absolute atomic E-state index is 0.0499. The van der Waals surface area contributed by atoms with E-state index in [-0.39, 0.29) is 5.91 Å². The molecule has 5 nitrogen and oxygen atoms in total. The summed E-state index contributed by atoms with van der Waals surface area (Å²) in [7, 11) is 0. The summed E-state index contributed by atoms with van der Waals surface area (Å²) in [5.41, 5.74) is 3.94. The lowest BCUT2D eigenvalue weighted by Gasteiger charge is -2.31. The number of amides is 1. The quantitative estimate of drug-likeness (QED) is 0.520. The minimum Gasteiger partial charge on any atom is -0.338 e. The molecule has 2 aromatic heterocycles. The Hall–Kier alpha value is -2.44. The fourth-order valence-corrected chi connectivity index (χ4v) is 4.93. The normalized spacial score (nSPS) is 17.0. The summed E-state index contributed by atoms with van der Waals surface area (Å²) in [6.45, 7) is 6.14. The van der Waals surface area contributed by atoms with E-state index in [1.165, 1.54) is 0 Å². The first-order valence-corrected chi connectivity index (χ1v) is 11.4. The molecule has 0 spiro atoms. The second-order valence-electron chi connectivity index (χ2n) is 7.66. The molecule has 1 aliphatic heterocycles. The first kappa shape index (κ1) is 20.8. The third-order valence-corrected chi connectivity index (χ3v) is 6.95. The zero-order valence-electron chi connectivity index (χ0n) is 17.2. The lowest BCUT2D eigenvalue weighted by Crippen LogP contribution is -2.38. The van der Waals surface area contributed by atoms with Crippen LogP contribution in [0.4, 0.5) is 0 Å². The van der Waals surface area contributed by atoms with Gasteiger partial charge in [-0.15, -0.1) is 11.3 Å². The van der Waals surface area contributed by atoms with Gasteiger partial charge in [-0.3, -0.25) is 9.48 Å². The summed E-state index contributed by atoms with van der Waals surface area (Å²) >= 11 is 7.98. The van der Waals surface area contributed by atoms with Crippen LogP contribution in [0.25, 0.3) is 6.08 Å². The summed E-state index contributed by atoms with van der Waals surface area (Å²) in [6.07, 6.45) is 7.52. The van der Waals surface area contributed by atoms with Gasteiger partial charge in [0.15, 0.2) is 0 Å². The van der Waals surface area contributed by atoms with Crippen LogP contribution in [-0.2, 0) is 11.3 Å². The summed E-state index contributed by atoms with van der Waals surface area (Å²) in [5, 5.41) is 8.52. The van der Waals surface area contributed by atoms with E-state index in [1.807, 2.05) is 65.3 Å². The smallest absolute Gasteiger partial charge is 0.246 e. The van der Waals surface area contributed by atoms with Crippen molar-refractivity contribution >= 4 is 34.9 Å². The Morgan fingerprint density at radius 2 is 2.17 bits per heavy atom. The second kappa shape index (κ2) is 9.14. The monoisotopic (exact) mass is 440 g/mol. The predicted octanol–water partition coefficient (Wildman–Crippen LogP) is 5.08. The van der Waals surface area contributed by atoms with Crippen LogP contribution in [0.5, 0.6) is 0 Å². The molecule has 3 aromatic rings. The Bertz CT molecular complexity index is 1060. The molecule has 1 unspecified atom stereocenters. The molecule has 156 valence electrons. The average molecular weight is 441 g/mol. The minimum atomic E-state index is 0.0499. The van der Waals surface area contributed by atoms with Gasteiger partial charge in [0.05, 0.1) is 17.2 Å². The summed E-state index contributed by atoms with van der Waals surface area (Å²) in [6, 6.07) is 7.79. The molecule has 1 saturated heterocycles. The van der Waals surface area contributed by atoms with E-state index in [1.54, 1.807) is 17.4 Å². The standard InChI is InChI=1S/C23H25ClN4OS/c1-16-20(17(2)28(26-16)15-18-6-3-4-8-21(18)24)9-10-22(29)27-12-5-7-19(14-27)23-25-11-13-30-23/h3-4,6,8-11,13,19H,5,7,12,14-15H2,1-2H3/b10-9+. The zero-order valence-corrected chi connectivity index (χ0v) is 18.8. The van der Waals surface area contributed by atoms with Crippen molar-refractivity contribution in [2.24, 2.45) is 0 Å². The van der Waals surface area contributed by atoms with Crippen molar-refractivity contribution in [3.8, 4) is 0 Å². The number of hydrogen-bond acceptors (Lipinski definition) is 4. The molecule has 0 bridgehead atoms. The SMILES string of the molecule is Cc1nn(Cc2ccccc2Cl)c(C)c1/C=C/C(=O)N1CCCC(c2nccs2)C1. The van der Waals surface area contributed by atoms with Crippen molar-refractivity contribution in [1.82, 2.24) is 19.7 Å². The number of likely N-dealkylation sites (tertiary alicyclic amines) is 1. The highest BCUT2D eigenvalue weighted by molar-refractivity contribution is 7.09. The van der Waals surface area contributed by atoms with Crippen molar-refractivity contribution in [2.45, 2.75) is 39.2 Å². The lowest BCUT2D eigenvalue weighted by atomic mass is 9.98. The van der Waals surface area contributed by atoms with Crippen LogP contribution >= 0.6 is 22.9 Å². The number of carbonyl (C=O) groups excluding carboxylic acids is 1. The van der Waals surface area contributed by atoms with E-state index in [9.17, 15) is 4.79 Å². The maximum atomic E-state index is 12.8. The van der Waals surface area contributed by atoms with Gasteiger partial charge in [0.25, 0.3) is 0 Å². The van der Waals surface area contributed by atoms with E-state index < -0.39 is 0 Å². The van der Waals surface area contributed by atoms with E-state index in [2.05, 4.69) is 10.1 Å². The number of nitrogens with zero attached hydrogens (tertiary/aromatic N) is 4. The zero-order chi connectivity index (χ0) is 21.1. The topological polar surface area (TPSA) is 51.0 Å². The molecule has 3 heterocycles. The number of piperidine rings is 1. The fraction of sp³-hybridized carbons (Fsp3) is 0.348. The van der Waals surface area contributed by atoms with Gasteiger partial charge in [0.2, 0.25) is 5.91 Å². The van der Waals surface area contributed by atoms with Crippen LogP contribution in [0.2, 0.25) is 5.02 Å². The van der Waals surface area contributed by atoms with E-state index in [0.717, 1.165) is 58.5 Å². The molecule has 4 rings (SSSR count). The highest BCUT2D eigenvalue weighted by Gasteiger charge is 2.25. The molecule has 1 aliphatic rings. The molecule has 1 atom stereocenters. The molecular formula is C23H25ClN4OS. The number of benzene rings is 1. The second-order valence-corrected chi connectivity index (χ2v) is 8.99. The van der Waals surface area contributed by atoms with Gasteiger partial charge >= 0.3 is 0 Å². The molecule has 0 saturated carbocycles. The highest BCUT2D eigenvalue weighted by atomic mass is 35.5. The number of aryl methyl sites for hydroxylation is 1. The average Bonchev–Trinajstić information content (AvgIpc) is 3.37. The van der Waals surface area contributed by atoms with Crippen LogP contribution in [0.3, 0.4) is 0 Å². The third kappa shape index (κ3) is 4.50. The van der Waals surface area contributed by atoms with Crippen molar-refractivity contribution < 1.29 is 4.79 Å². The molecule has 7 heteroatoms. The Balaban J connectivity index is 1.46. The van der Waals surface area contributed by atoms with Crippen molar-refractivity contribution in [3.05, 3.63) is 74.5 Å². The third-order valence-electron chi connectivity index (χ3n) is 5.64. The predicted molar refractivity (Wildman–Crippen MR) is 122 cm³/mol. The van der Waals surface area contributed by atoms with E-state index >= 15 is 0 Å². The summed E-state index contributed by atoms with van der Waals surface area (Å²) < 4.78 is 1.94. The fourth-order valence-electron chi connectivity index (χ4n) is 3.97. The number of rotatable bonds is 5. The van der Waals surface area contributed by atoms with Gasteiger partial charge < -0.3 is 4.90 Å². The van der Waals surface area contributed by atoms with Crippen molar-refractivity contribution in [3.63, 3.8) is 0 Å². The number of halogens is 1. The maximum absolute atomic E-state index is 12.8. The van der Waals surface area contributed by atoms with Gasteiger partial charge in [-0.1, -0.05) is 29.8 Å². The first-order chi connectivity index (χ1) is 14.5. The van der Waals surface area contributed by atoms with Gasteiger partial charge in [-0.25, -0.2) is 4.98 Å². The molecule has 1 fully saturated rings. The van der Waals surface area contributed by atoms with Gasteiger partial charge in [-0.2, -0.15) is 5.10 Å². The largest absolute Gasteiger partial charge is 0.338 e. The van der Waals surface area contributed by atoms with Crippen LogP contribution in [-0.4, -0.2) is 38.7 Å². The first-order valence-electron chi connectivity index (χ1n) is 10.2. The van der Waals surface area contributed by atoms with Gasteiger partial charge in [-0.05, 0) is 44.4 Å². The Kier molecular flexibility index (Phi) is 6.35. The maximum Gasteiger partial charge on any atom is 0.246 e. The number of hydrogen-bond donors (Lipinski definition) is 0. The van der Waals surface area contributed by atoms with Crippen molar-refractivity contribution in [2.75, 3.05) is 13.1 Å². The van der Waals surface area contributed by atoms with E-state index in [4.69, 9.17) is 11.6 Å². The van der Waals surface area contributed by atoms with Crippen LogP contribution < -0.4 is 0 Å². The lowest BCUT2D eigenvalue weighted by molar-refractivity contribution is -0.127. The van der Waals surface area contributed by atoms with E-state index in [0.29, 0.717) is 12.5 Å². The van der Waals surface area contributed by atoms with Crippen LogP contribution in [0, 0.1) is 13.8 Å². The molecule has 1 aromatic carbocycles. The Labute approximate surface area is 186 Å². The summed E-state index contributed by atoms with van der Waals surface area (Å²) in [4.78, 5) is 19.2. The molecule has 1 amide bonds. The van der Waals surface area contributed by atoms with Crippen molar-refractivity contribution in [1.29, 1.82) is 0 Å². The number of aromatic nitrogens is 3. The number of thiazole rings is 1. The molecule has 30 heavy (non-hydrogen) atoms. The Morgan fingerprint density at radius 1 is 1.33 bits per heavy atom.